The van der Waals surface area contributed by atoms with Crippen LogP contribution in [0.2, 0.25) is 10.0 Å². The van der Waals surface area contributed by atoms with Crippen molar-refractivity contribution >= 4 is 34.8 Å². The van der Waals surface area contributed by atoms with Crippen molar-refractivity contribution in [3.63, 3.8) is 0 Å². The topological polar surface area (TPSA) is 38.3 Å². The van der Waals surface area contributed by atoms with Crippen LogP contribution in [-0.2, 0) is 4.79 Å². The van der Waals surface area contributed by atoms with Gasteiger partial charge in [-0.1, -0.05) is 35.3 Å². The average molecular weight is 352 g/mol. The molecule has 0 spiro atoms. The Morgan fingerprint density at radius 1 is 1.17 bits per heavy atom. The smallest absolute Gasteiger partial charge is 0.265 e. The van der Waals surface area contributed by atoms with Crippen molar-refractivity contribution < 1.29 is 9.53 Å². The van der Waals surface area contributed by atoms with Crippen LogP contribution in [0.15, 0.2) is 30.3 Å². The lowest BCUT2D eigenvalue weighted by Crippen LogP contribution is -2.30. The normalized spacial score (nSPS) is 11.9. The van der Waals surface area contributed by atoms with Gasteiger partial charge in [0.25, 0.3) is 5.91 Å². The van der Waals surface area contributed by atoms with Crippen molar-refractivity contribution in [2.24, 2.45) is 0 Å². The second-order valence-electron chi connectivity index (χ2n) is 5.56. The number of benzene rings is 2. The van der Waals surface area contributed by atoms with E-state index in [1.807, 2.05) is 26.8 Å². The first-order valence-electron chi connectivity index (χ1n) is 7.29. The molecule has 1 N–H and O–H groups in total. The highest BCUT2D eigenvalue weighted by atomic mass is 35.5. The highest BCUT2D eigenvalue weighted by molar-refractivity contribution is 6.44. The number of carbonyl (C=O) groups excluding carboxylic acids is 1. The van der Waals surface area contributed by atoms with Crippen LogP contribution in [0.3, 0.4) is 0 Å². The zero-order valence-corrected chi connectivity index (χ0v) is 15.0. The van der Waals surface area contributed by atoms with Gasteiger partial charge in [-0.3, -0.25) is 4.79 Å². The number of hydrogen-bond donors (Lipinski definition) is 1. The fourth-order valence-electron chi connectivity index (χ4n) is 2.20. The number of amides is 1. The SMILES string of the molecule is Cc1cc(C)c(C)c(OC(C)C(=O)Nc2cccc(Cl)c2Cl)c1. The van der Waals surface area contributed by atoms with Gasteiger partial charge in [0, 0.05) is 0 Å². The fourth-order valence-corrected chi connectivity index (χ4v) is 2.55. The molecule has 0 radical (unpaired) electrons. The lowest BCUT2D eigenvalue weighted by Gasteiger charge is -2.18. The van der Waals surface area contributed by atoms with Gasteiger partial charge in [0.1, 0.15) is 5.75 Å². The van der Waals surface area contributed by atoms with Crippen LogP contribution in [0, 0.1) is 20.8 Å². The summed E-state index contributed by atoms with van der Waals surface area (Å²) in [6.45, 7) is 7.69. The molecule has 0 aromatic heterocycles. The van der Waals surface area contributed by atoms with Gasteiger partial charge in [-0.25, -0.2) is 0 Å². The van der Waals surface area contributed by atoms with Crippen LogP contribution in [0.4, 0.5) is 5.69 Å². The maximum absolute atomic E-state index is 12.3. The van der Waals surface area contributed by atoms with Crippen molar-refractivity contribution in [2.45, 2.75) is 33.8 Å². The number of aryl methyl sites for hydroxylation is 2. The Morgan fingerprint density at radius 3 is 2.57 bits per heavy atom. The van der Waals surface area contributed by atoms with Crippen molar-refractivity contribution in [3.05, 3.63) is 57.1 Å². The van der Waals surface area contributed by atoms with E-state index in [4.69, 9.17) is 27.9 Å². The van der Waals surface area contributed by atoms with E-state index < -0.39 is 6.10 Å². The first-order chi connectivity index (χ1) is 10.8. The van der Waals surface area contributed by atoms with E-state index in [-0.39, 0.29) is 5.91 Å². The first-order valence-corrected chi connectivity index (χ1v) is 8.04. The van der Waals surface area contributed by atoms with Crippen LogP contribution in [0.1, 0.15) is 23.6 Å². The summed E-state index contributed by atoms with van der Waals surface area (Å²) in [6.07, 6.45) is -0.662. The summed E-state index contributed by atoms with van der Waals surface area (Å²) >= 11 is 12.0. The third kappa shape index (κ3) is 4.18. The fraction of sp³-hybridized carbons (Fsp3) is 0.278. The molecule has 0 bridgehead atoms. The standard InChI is InChI=1S/C18H19Cl2NO2/c1-10-8-11(2)12(3)16(9-10)23-13(4)18(22)21-15-7-5-6-14(19)17(15)20/h5-9,13H,1-4H3,(H,21,22). The lowest BCUT2D eigenvalue weighted by molar-refractivity contribution is -0.122. The summed E-state index contributed by atoms with van der Waals surface area (Å²) in [4.78, 5) is 12.3. The molecule has 0 saturated heterocycles. The minimum atomic E-state index is -0.662. The Hall–Kier alpha value is -1.71. The number of ether oxygens (including phenoxy) is 1. The van der Waals surface area contributed by atoms with Crippen molar-refractivity contribution in [3.8, 4) is 5.75 Å². The molecule has 2 aromatic carbocycles. The van der Waals surface area contributed by atoms with Gasteiger partial charge in [-0.05, 0) is 62.6 Å². The Kier molecular flexibility index (Phi) is 5.55. The number of nitrogens with one attached hydrogen (secondary N) is 1. The second-order valence-corrected chi connectivity index (χ2v) is 6.34. The van der Waals surface area contributed by atoms with E-state index in [1.165, 1.54) is 0 Å². The summed E-state index contributed by atoms with van der Waals surface area (Å²) in [5.74, 6) is 0.426. The number of carbonyl (C=O) groups is 1. The molecule has 3 nitrogen and oxygen atoms in total. The molecule has 1 atom stereocenters. The van der Waals surface area contributed by atoms with E-state index in [2.05, 4.69) is 11.4 Å². The number of anilines is 1. The third-order valence-corrected chi connectivity index (χ3v) is 4.47. The van der Waals surface area contributed by atoms with Gasteiger partial charge in [0.15, 0.2) is 6.10 Å². The zero-order chi connectivity index (χ0) is 17.1. The van der Waals surface area contributed by atoms with Crippen LogP contribution >= 0.6 is 23.2 Å². The van der Waals surface area contributed by atoms with Crippen molar-refractivity contribution in [2.75, 3.05) is 5.32 Å². The number of hydrogen-bond acceptors (Lipinski definition) is 2. The largest absolute Gasteiger partial charge is 0.481 e. The molecule has 5 heteroatoms. The summed E-state index contributed by atoms with van der Waals surface area (Å²) in [7, 11) is 0. The van der Waals surface area contributed by atoms with Crippen LogP contribution in [0.25, 0.3) is 0 Å². The van der Waals surface area contributed by atoms with Gasteiger partial charge < -0.3 is 10.1 Å². The third-order valence-electron chi connectivity index (χ3n) is 3.65. The molecule has 2 aromatic rings. The van der Waals surface area contributed by atoms with E-state index >= 15 is 0 Å². The van der Waals surface area contributed by atoms with E-state index in [0.29, 0.717) is 21.5 Å². The van der Waals surface area contributed by atoms with Gasteiger partial charge in [0.05, 0.1) is 15.7 Å². The second kappa shape index (κ2) is 7.24. The molecule has 0 saturated carbocycles. The van der Waals surface area contributed by atoms with Gasteiger partial charge >= 0.3 is 0 Å². The molecule has 0 aliphatic carbocycles. The molecule has 23 heavy (non-hydrogen) atoms. The molecule has 0 heterocycles. The minimum absolute atomic E-state index is 0.285. The van der Waals surface area contributed by atoms with E-state index in [9.17, 15) is 4.79 Å². The first kappa shape index (κ1) is 17.6. The highest BCUT2D eigenvalue weighted by Gasteiger charge is 2.18. The Bertz CT molecular complexity index is 744. The van der Waals surface area contributed by atoms with E-state index in [1.54, 1.807) is 25.1 Å². The summed E-state index contributed by atoms with van der Waals surface area (Å²) < 4.78 is 5.82. The molecular formula is C18H19Cl2NO2. The van der Waals surface area contributed by atoms with Crippen LogP contribution in [0.5, 0.6) is 5.75 Å². The highest BCUT2D eigenvalue weighted by Crippen LogP contribution is 2.30. The predicted octanol–water partition coefficient (Wildman–Crippen LogP) is 5.32. The predicted molar refractivity (Wildman–Crippen MR) is 95.8 cm³/mol. The Morgan fingerprint density at radius 2 is 1.87 bits per heavy atom. The molecule has 122 valence electrons. The molecule has 2 rings (SSSR count). The Labute approximate surface area is 146 Å². The monoisotopic (exact) mass is 351 g/mol. The summed E-state index contributed by atoms with van der Waals surface area (Å²) in [5.41, 5.74) is 3.71. The van der Waals surface area contributed by atoms with Gasteiger partial charge in [-0.15, -0.1) is 0 Å². The van der Waals surface area contributed by atoms with E-state index in [0.717, 1.165) is 16.7 Å². The average Bonchev–Trinajstić information content (AvgIpc) is 2.48. The lowest BCUT2D eigenvalue weighted by atomic mass is 10.1. The quantitative estimate of drug-likeness (QED) is 0.808. The molecule has 1 amide bonds. The molecule has 0 fully saturated rings. The molecule has 1 unspecified atom stereocenters. The van der Waals surface area contributed by atoms with Crippen molar-refractivity contribution in [1.29, 1.82) is 0 Å². The van der Waals surface area contributed by atoms with Gasteiger partial charge in [0.2, 0.25) is 0 Å². The van der Waals surface area contributed by atoms with Gasteiger partial charge in [-0.2, -0.15) is 0 Å². The maximum atomic E-state index is 12.3. The molecular weight excluding hydrogens is 333 g/mol. The van der Waals surface area contributed by atoms with Crippen LogP contribution < -0.4 is 10.1 Å². The molecule has 0 aliphatic heterocycles. The summed E-state index contributed by atoms with van der Waals surface area (Å²) in [5, 5.41) is 3.45. The van der Waals surface area contributed by atoms with Crippen LogP contribution in [-0.4, -0.2) is 12.0 Å². The minimum Gasteiger partial charge on any atom is -0.481 e. The summed E-state index contributed by atoms with van der Waals surface area (Å²) in [6, 6.07) is 9.10. The zero-order valence-electron chi connectivity index (χ0n) is 13.5. The molecule has 0 aliphatic rings. The van der Waals surface area contributed by atoms with Crippen molar-refractivity contribution in [1.82, 2.24) is 0 Å². The maximum Gasteiger partial charge on any atom is 0.265 e. The Balaban J connectivity index is 2.13. The number of halogens is 2. The number of rotatable bonds is 4.